The Morgan fingerprint density at radius 1 is 1.10 bits per heavy atom. The molecule has 0 bridgehead atoms. The second kappa shape index (κ2) is 8.97. The van der Waals surface area contributed by atoms with Crippen LogP contribution in [0.5, 0.6) is 0 Å². The Hall–Kier alpha value is -3.72. The van der Waals surface area contributed by atoms with Crippen LogP contribution in [-0.4, -0.2) is 32.4 Å². The van der Waals surface area contributed by atoms with E-state index in [0.717, 1.165) is 0 Å². The van der Waals surface area contributed by atoms with Gasteiger partial charge in [-0.1, -0.05) is 6.07 Å². The fourth-order valence-electron chi connectivity index (χ4n) is 2.49. The molecule has 3 rings (SSSR count). The number of aliphatic imine (C=N–C) groups is 1. The van der Waals surface area contributed by atoms with E-state index in [0.29, 0.717) is 11.4 Å². The van der Waals surface area contributed by atoms with Gasteiger partial charge in [-0.15, -0.1) is 0 Å². The Morgan fingerprint density at radius 2 is 1.81 bits per heavy atom. The summed E-state index contributed by atoms with van der Waals surface area (Å²) < 4.78 is 27.0. The minimum absolute atomic E-state index is 0.0304. The summed E-state index contributed by atoms with van der Waals surface area (Å²) in [7, 11) is 0. The van der Waals surface area contributed by atoms with Crippen molar-refractivity contribution >= 4 is 34.9 Å². The Morgan fingerprint density at radius 3 is 2.45 bits per heavy atom. The van der Waals surface area contributed by atoms with Gasteiger partial charge in [-0.25, -0.2) is 28.5 Å². The minimum atomic E-state index is -1.18. The molecule has 0 spiro atoms. The van der Waals surface area contributed by atoms with Crippen LogP contribution in [0, 0.1) is 11.6 Å². The van der Waals surface area contributed by atoms with Crippen molar-refractivity contribution in [2.45, 2.75) is 26.4 Å². The number of carbonyl (C=O) groups is 1. The average molecular weight is 425 g/mol. The maximum atomic E-state index is 13.5. The highest BCUT2D eigenvalue weighted by atomic mass is 19.1. The summed E-state index contributed by atoms with van der Waals surface area (Å²) in [6.45, 7) is 4.78. The monoisotopic (exact) mass is 425 g/mol. The van der Waals surface area contributed by atoms with Crippen LogP contribution in [0.15, 0.2) is 65.8 Å². The number of anilines is 3. The van der Waals surface area contributed by atoms with Crippen LogP contribution >= 0.6 is 0 Å². The summed E-state index contributed by atoms with van der Waals surface area (Å²) >= 11 is 0. The van der Waals surface area contributed by atoms with Crippen LogP contribution in [0.25, 0.3) is 0 Å². The van der Waals surface area contributed by atoms with Crippen molar-refractivity contribution in [2.24, 2.45) is 4.99 Å². The predicted molar refractivity (Wildman–Crippen MR) is 115 cm³/mol. The highest BCUT2D eigenvalue weighted by Gasteiger charge is 2.22. The molecule has 31 heavy (non-hydrogen) atoms. The highest BCUT2D eigenvalue weighted by molar-refractivity contribution is 6.06. The van der Waals surface area contributed by atoms with Crippen LogP contribution in [0.2, 0.25) is 0 Å². The molecule has 0 fully saturated rings. The van der Waals surface area contributed by atoms with E-state index >= 15 is 0 Å². The Kier molecular flexibility index (Phi) is 6.36. The first kappa shape index (κ1) is 22.0. The minimum Gasteiger partial charge on any atom is -0.385 e. The third kappa shape index (κ3) is 5.67. The number of hydrogen-bond acceptors (Lipinski definition) is 5. The number of nitrogens with one attached hydrogen (secondary N) is 1. The molecule has 160 valence electrons. The molecule has 0 saturated heterocycles. The molecular formula is C22H21F2N5O2. The zero-order chi connectivity index (χ0) is 22.6. The summed E-state index contributed by atoms with van der Waals surface area (Å²) in [6, 6.07) is 11.5. The first-order valence-electron chi connectivity index (χ1n) is 9.37. The molecule has 3 aromatic rings. The fourth-order valence-corrected chi connectivity index (χ4v) is 2.49. The predicted octanol–water partition coefficient (Wildman–Crippen LogP) is 4.99. The first-order valence-corrected chi connectivity index (χ1v) is 9.37. The molecule has 0 aliphatic carbocycles. The molecule has 9 heteroatoms. The summed E-state index contributed by atoms with van der Waals surface area (Å²) in [5.41, 5.74) is -0.238. The van der Waals surface area contributed by atoms with Crippen molar-refractivity contribution in [3.8, 4) is 0 Å². The van der Waals surface area contributed by atoms with Crippen molar-refractivity contribution in [1.82, 2.24) is 9.97 Å². The third-order valence-electron chi connectivity index (χ3n) is 4.37. The topological polar surface area (TPSA) is 90.7 Å². The molecule has 1 heterocycles. The van der Waals surface area contributed by atoms with Crippen LogP contribution in [0.4, 0.5) is 36.7 Å². The zero-order valence-electron chi connectivity index (χ0n) is 17.2. The normalized spacial score (nSPS) is 11.9. The number of benzene rings is 2. The molecule has 0 unspecified atom stereocenters. The molecule has 0 aliphatic rings. The number of carbonyl (C=O) groups excluding carboxylic acids is 1. The van der Waals surface area contributed by atoms with Gasteiger partial charge in [0.1, 0.15) is 17.5 Å². The lowest BCUT2D eigenvalue weighted by atomic mass is 10.1. The highest BCUT2D eigenvalue weighted by Crippen LogP contribution is 2.26. The van der Waals surface area contributed by atoms with E-state index in [1.54, 1.807) is 20.8 Å². The second-order valence-corrected chi connectivity index (χ2v) is 7.22. The van der Waals surface area contributed by atoms with Gasteiger partial charge in [-0.05, 0) is 63.2 Å². The fraction of sp³-hybridized carbons (Fsp3) is 0.182. The molecule has 2 aromatic carbocycles. The number of nitrogens with zero attached hydrogens (tertiary/aromatic N) is 4. The van der Waals surface area contributed by atoms with Gasteiger partial charge < -0.3 is 10.4 Å². The largest absolute Gasteiger partial charge is 0.385 e. The number of aromatic nitrogens is 2. The van der Waals surface area contributed by atoms with Gasteiger partial charge >= 0.3 is 6.03 Å². The second-order valence-electron chi connectivity index (χ2n) is 7.22. The van der Waals surface area contributed by atoms with E-state index in [4.69, 9.17) is 0 Å². The Bertz CT molecular complexity index is 1110. The molecular weight excluding hydrogens is 404 g/mol. The number of hydrogen-bond donors (Lipinski definition) is 2. The number of aliphatic hydroxyl groups is 1. The molecule has 0 aliphatic heterocycles. The van der Waals surface area contributed by atoms with E-state index in [9.17, 15) is 18.7 Å². The number of rotatable bonds is 5. The lowest BCUT2D eigenvalue weighted by Gasteiger charge is -2.22. The SMILES string of the molecule is CC(=Nc1nccc(N(C(=O)Nc2cccc(F)c2)c2ccc(F)cc2)n1)C(C)(C)O. The lowest BCUT2D eigenvalue weighted by Crippen LogP contribution is -2.31. The Labute approximate surface area is 178 Å². The maximum absolute atomic E-state index is 13.5. The van der Waals surface area contributed by atoms with Crippen molar-refractivity contribution < 1.29 is 18.7 Å². The van der Waals surface area contributed by atoms with Crippen molar-refractivity contribution in [3.63, 3.8) is 0 Å². The lowest BCUT2D eigenvalue weighted by molar-refractivity contribution is 0.153. The molecule has 0 radical (unpaired) electrons. The summed E-state index contributed by atoms with van der Waals surface area (Å²) in [5, 5.41) is 12.7. The number of urea groups is 1. The van der Waals surface area contributed by atoms with Crippen LogP contribution in [-0.2, 0) is 0 Å². The first-order chi connectivity index (χ1) is 14.6. The van der Waals surface area contributed by atoms with Gasteiger partial charge in [-0.3, -0.25) is 0 Å². The average Bonchev–Trinajstić information content (AvgIpc) is 2.69. The van der Waals surface area contributed by atoms with E-state index in [1.165, 1.54) is 65.7 Å². The van der Waals surface area contributed by atoms with Crippen LogP contribution < -0.4 is 10.2 Å². The summed E-state index contributed by atoms with van der Waals surface area (Å²) in [5.74, 6) is -0.796. The summed E-state index contributed by atoms with van der Waals surface area (Å²) in [6.07, 6.45) is 1.41. The molecule has 0 atom stereocenters. The number of amides is 2. The van der Waals surface area contributed by atoms with E-state index < -0.39 is 23.3 Å². The summed E-state index contributed by atoms with van der Waals surface area (Å²) in [4.78, 5) is 26.8. The van der Waals surface area contributed by atoms with Gasteiger partial charge in [0.25, 0.3) is 5.95 Å². The molecule has 0 saturated carbocycles. The zero-order valence-corrected chi connectivity index (χ0v) is 17.2. The van der Waals surface area contributed by atoms with Crippen molar-refractivity contribution in [2.75, 3.05) is 10.2 Å². The smallest absolute Gasteiger partial charge is 0.332 e. The molecule has 7 nitrogen and oxygen atoms in total. The maximum Gasteiger partial charge on any atom is 0.332 e. The van der Waals surface area contributed by atoms with E-state index in [-0.39, 0.29) is 17.5 Å². The van der Waals surface area contributed by atoms with Gasteiger partial charge in [0.15, 0.2) is 0 Å². The Balaban J connectivity index is 2.02. The molecule has 2 N–H and O–H groups in total. The van der Waals surface area contributed by atoms with Crippen molar-refractivity contribution in [1.29, 1.82) is 0 Å². The third-order valence-corrected chi connectivity index (χ3v) is 4.37. The van der Waals surface area contributed by atoms with Crippen molar-refractivity contribution in [3.05, 3.63) is 72.4 Å². The van der Waals surface area contributed by atoms with Gasteiger partial charge in [0.05, 0.1) is 11.3 Å². The van der Waals surface area contributed by atoms with Gasteiger partial charge in [0, 0.05) is 23.7 Å². The number of halogens is 2. The van der Waals surface area contributed by atoms with E-state index in [2.05, 4.69) is 20.3 Å². The quantitative estimate of drug-likeness (QED) is 0.564. The van der Waals surface area contributed by atoms with Crippen LogP contribution in [0.1, 0.15) is 20.8 Å². The molecule has 1 aromatic heterocycles. The van der Waals surface area contributed by atoms with Gasteiger partial charge in [-0.2, -0.15) is 4.98 Å². The van der Waals surface area contributed by atoms with Crippen LogP contribution in [0.3, 0.4) is 0 Å². The van der Waals surface area contributed by atoms with Gasteiger partial charge in [0.2, 0.25) is 0 Å². The van der Waals surface area contributed by atoms with E-state index in [1.807, 2.05) is 0 Å². The molecule has 2 amide bonds. The standard InChI is InChI=1S/C22H21F2N5O2/c1-14(22(2,3)31)26-20-25-12-11-19(28-20)29(18-9-7-15(23)8-10-18)21(30)27-17-6-4-5-16(24)13-17/h4-13,31H,1-3H3,(H,27,30).